The number of hydrogen-bond donors (Lipinski definition) is 1. The molecule has 0 saturated carbocycles. The van der Waals surface area contributed by atoms with E-state index in [2.05, 4.69) is 14.7 Å². The van der Waals surface area contributed by atoms with Crippen LogP contribution in [0.25, 0.3) is 10.2 Å². The van der Waals surface area contributed by atoms with Gasteiger partial charge in [-0.1, -0.05) is 0 Å². The van der Waals surface area contributed by atoms with Crippen molar-refractivity contribution < 1.29 is 24.0 Å². The maximum Gasteiger partial charge on any atom is 0.348 e. The predicted octanol–water partition coefficient (Wildman–Crippen LogP) is 1.66. The highest BCUT2D eigenvalue weighted by Gasteiger charge is 2.23. The van der Waals surface area contributed by atoms with Crippen LogP contribution in [0.2, 0.25) is 0 Å². The molecule has 0 saturated heterocycles. The standard InChI is InChI=1S/C18H17N5O7S/c1-4-30-18(26)13-8(2)12-14(19)20-11(21-15(12)31-13)7-22-6-9(17(25)29-3)5-10(16(22)24)23(27)28/h5-6H,4,7H2,1-3H3,(H2,19,20,21). The molecule has 3 rings (SSSR count). The van der Waals surface area contributed by atoms with Crippen LogP contribution in [0.15, 0.2) is 17.1 Å². The highest BCUT2D eigenvalue weighted by molar-refractivity contribution is 7.20. The first kappa shape index (κ1) is 21.8. The largest absolute Gasteiger partial charge is 0.465 e. The van der Waals surface area contributed by atoms with Crippen LogP contribution in [0, 0.1) is 17.0 Å². The molecule has 13 heteroatoms. The molecule has 0 aromatic carbocycles. The van der Waals surface area contributed by atoms with Gasteiger partial charge in [0.1, 0.15) is 15.5 Å². The lowest BCUT2D eigenvalue weighted by Crippen LogP contribution is -2.25. The lowest BCUT2D eigenvalue weighted by molar-refractivity contribution is -0.386. The van der Waals surface area contributed by atoms with Crippen LogP contribution in [0.5, 0.6) is 0 Å². The number of thiophene rings is 1. The number of carbonyl (C=O) groups is 2. The van der Waals surface area contributed by atoms with Crippen LogP contribution in [0.1, 0.15) is 38.3 Å². The number of esters is 2. The maximum atomic E-state index is 12.5. The molecular formula is C18H17N5O7S. The topological polar surface area (TPSA) is 170 Å². The van der Waals surface area contributed by atoms with Gasteiger partial charge >= 0.3 is 23.2 Å². The van der Waals surface area contributed by atoms with E-state index >= 15 is 0 Å². The van der Waals surface area contributed by atoms with E-state index in [1.54, 1.807) is 13.8 Å². The number of ether oxygens (including phenoxy) is 2. The summed E-state index contributed by atoms with van der Waals surface area (Å²) in [6, 6.07) is 0.845. The van der Waals surface area contributed by atoms with Crippen LogP contribution in [0.4, 0.5) is 11.5 Å². The Bertz CT molecular complexity index is 1280. The first-order valence-corrected chi connectivity index (χ1v) is 9.69. The minimum Gasteiger partial charge on any atom is -0.465 e. The Hall–Kier alpha value is -3.87. The van der Waals surface area contributed by atoms with Crippen molar-refractivity contribution in [1.29, 1.82) is 0 Å². The van der Waals surface area contributed by atoms with Crippen molar-refractivity contribution in [3.8, 4) is 0 Å². The van der Waals surface area contributed by atoms with Crippen molar-refractivity contribution in [2.45, 2.75) is 20.4 Å². The number of aromatic nitrogens is 3. The molecule has 0 unspecified atom stereocenters. The van der Waals surface area contributed by atoms with Crippen LogP contribution >= 0.6 is 11.3 Å². The van der Waals surface area contributed by atoms with Crippen molar-refractivity contribution in [3.63, 3.8) is 0 Å². The van der Waals surface area contributed by atoms with Gasteiger partial charge in [0.25, 0.3) is 0 Å². The number of rotatable bonds is 6. The van der Waals surface area contributed by atoms with E-state index in [1.807, 2.05) is 0 Å². The number of methoxy groups -OCH3 is 1. The fraction of sp³-hybridized carbons (Fsp3) is 0.278. The van der Waals surface area contributed by atoms with E-state index in [0.717, 1.165) is 35.3 Å². The lowest BCUT2D eigenvalue weighted by Gasteiger charge is -2.08. The lowest BCUT2D eigenvalue weighted by atomic mass is 10.2. The van der Waals surface area contributed by atoms with Gasteiger partial charge in [-0.05, 0) is 19.4 Å². The summed E-state index contributed by atoms with van der Waals surface area (Å²) in [6.45, 7) is 3.29. The molecular weight excluding hydrogens is 430 g/mol. The first-order valence-electron chi connectivity index (χ1n) is 8.87. The number of anilines is 1. The van der Waals surface area contributed by atoms with Gasteiger partial charge in [-0.25, -0.2) is 19.6 Å². The van der Waals surface area contributed by atoms with E-state index in [4.69, 9.17) is 10.5 Å². The van der Waals surface area contributed by atoms with Crippen LogP contribution in [-0.2, 0) is 16.0 Å². The monoisotopic (exact) mass is 447 g/mol. The minimum absolute atomic E-state index is 0.0695. The van der Waals surface area contributed by atoms with E-state index in [-0.39, 0.29) is 30.4 Å². The number of nitrogen functional groups attached to an aromatic ring is 1. The van der Waals surface area contributed by atoms with Gasteiger partial charge in [-0.3, -0.25) is 14.9 Å². The van der Waals surface area contributed by atoms with Crippen LogP contribution < -0.4 is 11.3 Å². The van der Waals surface area contributed by atoms with Crippen molar-refractivity contribution in [2.75, 3.05) is 19.5 Å². The Morgan fingerprint density at radius 1 is 1.32 bits per heavy atom. The van der Waals surface area contributed by atoms with Gasteiger partial charge in [-0.15, -0.1) is 11.3 Å². The summed E-state index contributed by atoms with van der Waals surface area (Å²) < 4.78 is 10.5. The van der Waals surface area contributed by atoms with Gasteiger partial charge in [-0.2, -0.15) is 0 Å². The summed E-state index contributed by atoms with van der Waals surface area (Å²) in [6.07, 6.45) is 1.12. The Morgan fingerprint density at radius 2 is 2.03 bits per heavy atom. The SMILES string of the molecule is CCOC(=O)c1sc2nc(Cn3cc(C(=O)OC)cc([N+](=O)[O-])c3=O)nc(N)c2c1C. The fourth-order valence-electron chi connectivity index (χ4n) is 2.93. The van der Waals surface area contributed by atoms with E-state index in [0.29, 0.717) is 20.7 Å². The second-order valence-electron chi connectivity index (χ2n) is 6.28. The van der Waals surface area contributed by atoms with Gasteiger partial charge in [0.2, 0.25) is 0 Å². The minimum atomic E-state index is -0.950. The molecule has 0 amide bonds. The van der Waals surface area contributed by atoms with Crippen molar-refractivity contribution in [1.82, 2.24) is 14.5 Å². The van der Waals surface area contributed by atoms with Crippen LogP contribution in [0.3, 0.4) is 0 Å². The number of pyridine rings is 1. The molecule has 0 fully saturated rings. The molecule has 0 bridgehead atoms. The first-order chi connectivity index (χ1) is 14.7. The fourth-order valence-corrected chi connectivity index (χ4v) is 4.03. The molecule has 162 valence electrons. The molecule has 0 aliphatic rings. The molecule has 0 aliphatic heterocycles. The predicted molar refractivity (Wildman–Crippen MR) is 110 cm³/mol. The van der Waals surface area contributed by atoms with Crippen molar-refractivity contribution >= 4 is 45.0 Å². The van der Waals surface area contributed by atoms with Gasteiger partial charge in [0, 0.05) is 12.3 Å². The Morgan fingerprint density at radius 3 is 2.65 bits per heavy atom. The second-order valence-corrected chi connectivity index (χ2v) is 7.28. The number of aryl methyl sites for hydroxylation is 1. The summed E-state index contributed by atoms with van der Waals surface area (Å²) in [5.74, 6) is -1.21. The molecule has 3 aromatic heterocycles. The third kappa shape index (κ3) is 4.07. The number of nitrogens with two attached hydrogens (primary N) is 1. The van der Waals surface area contributed by atoms with Crippen molar-refractivity contribution in [2.24, 2.45) is 0 Å². The zero-order valence-electron chi connectivity index (χ0n) is 16.7. The third-order valence-corrected chi connectivity index (χ3v) is 5.49. The molecule has 3 heterocycles. The molecule has 0 radical (unpaired) electrons. The highest BCUT2D eigenvalue weighted by Crippen LogP contribution is 2.33. The molecule has 12 nitrogen and oxygen atoms in total. The molecule has 0 spiro atoms. The Balaban J connectivity index is 2.10. The number of nitro groups is 1. The van der Waals surface area contributed by atoms with Gasteiger partial charge in [0.05, 0.1) is 36.1 Å². The number of hydrogen-bond acceptors (Lipinski definition) is 11. The number of nitrogens with zero attached hydrogens (tertiary/aromatic N) is 4. The molecule has 3 aromatic rings. The zero-order valence-corrected chi connectivity index (χ0v) is 17.5. The Labute approximate surface area is 178 Å². The normalized spacial score (nSPS) is 10.8. The quantitative estimate of drug-likeness (QED) is 0.333. The van der Waals surface area contributed by atoms with Gasteiger partial charge < -0.3 is 19.8 Å². The van der Waals surface area contributed by atoms with E-state index in [9.17, 15) is 24.5 Å². The van der Waals surface area contributed by atoms with Crippen LogP contribution in [-0.4, -0.2) is 45.1 Å². The average Bonchev–Trinajstić information content (AvgIpc) is 3.05. The summed E-state index contributed by atoms with van der Waals surface area (Å²) in [7, 11) is 1.11. The van der Waals surface area contributed by atoms with Gasteiger partial charge in [0.15, 0.2) is 5.82 Å². The summed E-state index contributed by atoms with van der Waals surface area (Å²) >= 11 is 1.06. The highest BCUT2D eigenvalue weighted by atomic mass is 32.1. The molecule has 0 atom stereocenters. The smallest absolute Gasteiger partial charge is 0.348 e. The summed E-state index contributed by atoms with van der Waals surface area (Å²) in [5, 5.41) is 11.7. The summed E-state index contributed by atoms with van der Waals surface area (Å²) in [4.78, 5) is 56.0. The van der Waals surface area contributed by atoms with E-state index in [1.165, 1.54) is 0 Å². The van der Waals surface area contributed by atoms with E-state index < -0.39 is 28.1 Å². The average molecular weight is 447 g/mol. The molecule has 2 N–H and O–H groups in total. The third-order valence-electron chi connectivity index (χ3n) is 4.32. The number of carbonyl (C=O) groups excluding carboxylic acids is 2. The molecule has 31 heavy (non-hydrogen) atoms. The Kier molecular flexibility index (Phi) is 5.97. The number of fused-ring (bicyclic) bond motifs is 1. The zero-order chi connectivity index (χ0) is 22.9. The second kappa shape index (κ2) is 8.47. The van der Waals surface area contributed by atoms with Crippen molar-refractivity contribution in [3.05, 3.63) is 54.6 Å². The maximum absolute atomic E-state index is 12.5. The molecule has 0 aliphatic carbocycles. The summed E-state index contributed by atoms with van der Waals surface area (Å²) in [5.41, 5.74) is 4.69.